The molecule has 0 fully saturated rings. The number of nitrogen functional groups attached to an aromatic ring is 1. The van der Waals surface area contributed by atoms with Gasteiger partial charge in [-0.2, -0.15) is 28.2 Å². The van der Waals surface area contributed by atoms with Crippen molar-refractivity contribution < 1.29 is 22.4 Å². The molecule has 126 valence electrons. The Hall–Kier alpha value is -3.54. The predicted octanol–water partition coefficient (Wildman–Crippen LogP) is 3.30. The van der Waals surface area contributed by atoms with Gasteiger partial charge in [0.15, 0.2) is 5.76 Å². The van der Waals surface area contributed by atoms with Crippen molar-refractivity contribution in [1.29, 1.82) is 5.26 Å². The number of carbonyl (C=O) groups excluding carboxylic acids is 1. The molecule has 0 aliphatic carbocycles. The highest BCUT2D eigenvalue weighted by Gasteiger charge is 2.30. The van der Waals surface area contributed by atoms with Gasteiger partial charge in [-0.25, -0.2) is 0 Å². The Balaban J connectivity index is 1.94. The van der Waals surface area contributed by atoms with Gasteiger partial charge in [0.25, 0.3) is 0 Å². The van der Waals surface area contributed by atoms with Crippen LogP contribution in [0.15, 0.2) is 47.0 Å². The van der Waals surface area contributed by atoms with Crippen LogP contribution in [0.3, 0.4) is 0 Å². The number of anilines is 1. The standard InChI is InChI=1S/C16H9F3N4O2/c17-16(18,19)11-3-1-2-9(6-11)12-4-5-13(25-12)15(24)23-14(21)10(7-20)8-22-23/h1-6,8H,21H2. The molecule has 9 heteroatoms. The summed E-state index contributed by atoms with van der Waals surface area (Å²) in [6.45, 7) is 0. The number of nitrogens with two attached hydrogens (primary N) is 1. The Morgan fingerprint density at radius 2 is 2.04 bits per heavy atom. The van der Waals surface area contributed by atoms with Crippen LogP contribution in [-0.4, -0.2) is 15.7 Å². The van der Waals surface area contributed by atoms with E-state index in [0.29, 0.717) is 0 Å². The van der Waals surface area contributed by atoms with Crippen molar-refractivity contribution >= 4 is 11.7 Å². The molecule has 0 aliphatic rings. The highest BCUT2D eigenvalue weighted by atomic mass is 19.4. The highest BCUT2D eigenvalue weighted by molar-refractivity contribution is 5.95. The average Bonchev–Trinajstić information content (AvgIpc) is 3.20. The number of furan rings is 1. The largest absolute Gasteiger partial charge is 0.451 e. The second kappa shape index (κ2) is 5.83. The van der Waals surface area contributed by atoms with E-state index in [0.717, 1.165) is 23.0 Å². The summed E-state index contributed by atoms with van der Waals surface area (Å²) in [5.74, 6) is -0.978. The van der Waals surface area contributed by atoms with Crippen molar-refractivity contribution in [3.8, 4) is 17.4 Å². The van der Waals surface area contributed by atoms with Crippen LogP contribution in [0.25, 0.3) is 11.3 Å². The zero-order valence-corrected chi connectivity index (χ0v) is 12.4. The zero-order chi connectivity index (χ0) is 18.2. The summed E-state index contributed by atoms with van der Waals surface area (Å²) in [5, 5.41) is 12.5. The van der Waals surface area contributed by atoms with E-state index >= 15 is 0 Å². The molecule has 2 heterocycles. The molecule has 1 aromatic carbocycles. The number of rotatable bonds is 2. The number of benzene rings is 1. The lowest BCUT2D eigenvalue weighted by atomic mass is 10.1. The summed E-state index contributed by atoms with van der Waals surface area (Å²) < 4.78 is 44.5. The second-order valence-corrected chi connectivity index (χ2v) is 5.01. The fraction of sp³-hybridized carbons (Fsp3) is 0.0625. The molecule has 0 atom stereocenters. The third-order valence-corrected chi connectivity index (χ3v) is 3.41. The number of halogens is 3. The van der Waals surface area contributed by atoms with Crippen LogP contribution in [0.1, 0.15) is 21.7 Å². The first kappa shape index (κ1) is 16.3. The number of hydrogen-bond donors (Lipinski definition) is 1. The molecule has 0 bridgehead atoms. The average molecular weight is 346 g/mol. The van der Waals surface area contributed by atoms with E-state index < -0.39 is 17.6 Å². The molecular formula is C16H9F3N4O2. The van der Waals surface area contributed by atoms with Gasteiger partial charge in [0.2, 0.25) is 0 Å². The molecule has 6 nitrogen and oxygen atoms in total. The Kier molecular flexibility index (Phi) is 3.81. The molecule has 0 radical (unpaired) electrons. The first-order chi connectivity index (χ1) is 11.8. The number of nitriles is 1. The maximum Gasteiger partial charge on any atom is 0.416 e. The van der Waals surface area contributed by atoms with Crippen LogP contribution in [0.5, 0.6) is 0 Å². The normalized spacial score (nSPS) is 11.3. The molecule has 0 unspecified atom stereocenters. The predicted molar refractivity (Wildman–Crippen MR) is 80.2 cm³/mol. The molecule has 2 aromatic heterocycles. The molecule has 0 aliphatic heterocycles. The van der Waals surface area contributed by atoms with E-state index in [1.807, 2.05) is 0 Å². The maximum absolute atomic E-state index is 12.8. The quantitative estimate of drug-likeness (QED) is 0.768. The topological polar surface area (TPSA) is 97.8 Å². The van der Waals surface area contributed by atoms with Gasteiger partial charge in [-0.3, -0.25) is 4.79 Å². The monoisotopic (exact) mass is 346 g/mol. The summed E-state index contributed by atoms with van der Waals surface area (Å²) in [6.07, 6.45) is -3.36. The Bertz CT molecular complexity index is 995. The van der Waals surface area contributed by atoms with Crippen molar-refractivity contribution in [2.45, 2.75) is 6.18 Å². The molecule has 0 amide bonds. The SMILES string of the molecule is N#Cc1cnn(C(=O)c2ccc(-c3cccc(C(F)(F)F)c3)o2)c1N. The molecule has 0 spiro atoms. The lowest BCUT2D eigenvalue weighted by Crippen LogP contribution is -2.15. The fourth-order valence-corrected chi connectivity index (χ4v) is 2.17. The van der Waals surface area contributed by atoms with Crippen molar-refractivity contribution in [2.24, 2.45) is 0 Å². The van der Waals surface area contributed by atoms with E-state index in [4.69, 9.17) is 15.4 Å². The van der Waals surface area contributed by atoms with Gasteiger partial charge in [-0.05, 0) is 24.3 Å². The number of carbonyl (C=O) groups is 1. The number of aromatic nitrogens is 2. The van der Waals surface area contributed by atoms with E-state index in [-0.39, 0.29) is 28.5 Å². The van der Waals surface area contributed by atoms with Gasteiger partial charge in [0, 0.05) is 5.56 Å². The van der Waals surface area contributed by atoms with Crippen LogP contribution in [0.4, 0.5) is 19.0 Å². The molecule has 25 heavy (non-hydrogen) atoms. The Labute approximate surface area is 138 Å². The van der Waals surface area contributed by atoms with Gasteiger partial charge < -0.3 is 10.2 Å². The number of alkyl halides is 3. The minimum atomic E-state index is -4.49. The zero-order valence-electron chi connectivity index (χ0n) is 12.4. The highest BCUT2D eigenvalue weighted by Crippen LogP contribution is 2.32. The third kappa shape index (κ3) is 2.97. The van der Waals surface area contributed by atoms with E-state index in [1.165, 1.54) is 24.3 Å². The molecule has 3 aromatic rings. The lowest BCUT2D eigenvalue weighted by Gasteiger charge is -2.07. The van der Waals surface area contributed by atoms with Crippen molar-refractivity contribution in [3.63, 3.8) is 0 Å². The molecule has 0 saturated heterocycles. The summed E-state index contributed by atoms with van der Waals surface area (Å²) in [6, 6.07) is 8.97. The lowest BCUT2D eigenvalue weighted by molar-refractivity contribution is -0.137. The van der Waals surface area contributed by atoms with Crippen LogP contribution < -0.4 is 5.73 Å². The van der Waals surface area contributed by atoms with Gasteiger partial charge in [0.1, 0.15) is 23.2 Å². The van der Waals surface area contributed by atoms with Crippen molar-refractivity contribution in [1.82, 2.24) is 9.78 Å². The van der Waals surface area contributed by atoms with Gasteiger partial charge in [0.05, 0.1) is 11.8 Å². The minimum Gasteiger partial charge on any atom is -0.451 e. The first-order valence-electron chi connectivity index (χ1n) is 6.87. The van der Waals surface area contributed by atoms with Crippen molar-refractivity contribution in [3.05, 3.63) is 59.5 Å². The fourth-order valence-electron chi connectivity index (χ4n) is 2.17. The summed E-state index contributed by atoms with van der Waals surface area (Å²) >= 11 is 0. The second-order valence-electron chi connectivity index (χ2n) is 5.01. The number of hydrogen-bond acceptors (Lipinski definition) is 5. The van der Waals surface area contributed by atoms with Gasteiger partial charge in [-0.1, -0.05) is 12.1 Å². The van der Waals surface area contributed by atoms with E-state index in [1.54, 1.807) is 6.07 Å². The third-order valence-electron chi connectivity index (χ3n) is 3.41. The molecule has 2 N–H and O–H groups in total. The Morgan fingerprint density at radius 1 is 1.28 bits per heavy atom. The maximum atomic E-state index is 12.8. The summed E-state index contributed by atoms with van der Waals surface area (Å²) in [4.78, 5) is 12.3. The molecule has 0 saturated carbocycles. The Morgan fingerprint density at radius 3 is 2.68 bits per heavy atom. The van der Waals surface area contributed by atoms with Crippen LogP contribution >= 0.6 is 0 Å². The minimum absolute atomic E-state index is 0.0259. The summed E-state index contributed by atoms with van der Waals surface area (Å²) in [5.41, 5.74) is 4.99. The van der Waals surface area contributed by atoms with Crippen LogP contribution in [-0.2, 0) is 6.18 Å². The first-order valence-corrected chi connectivity index (χ1v) is 6.87. The number of nitrogens with zero attached hydrogens (tertiary/aromatic N) is 3. The van der Waals surface area contributed by atoms with Crippen LogP contribution in [0, 0.1) is 11.3 Å². The summed E-state index contributed by atoms with van der Waals surface area (Å²) in [7, 11) is 0. The van der Waals surface area contributed by atoms with E-state index in [2.05, 4.69) is 5.10 Å². The van der Waals surface area contributed by atoms with E-state index in [9.17, 15) is 18.0 Å². The van der Waals surface area contributed by atoms with Gasteiger partial charge >= 0.3 is 12.1 Å². The molecular weight excluding hydrogens is 337 g/mol. The smallest absolute Gasteiger partial charge is 0.416 e. The van der Waals surface area contributed by atoms with Crippen LogP contribution in [0.2, 0.25) is 0 Å². The van der Waals surface area contributed by atoms with Crippen molar-refractivity contribution in [2.75, 3.05) is 5.73 Å². The van der Waals surface area contributed by atoms with Gasteiger partial charge in [-0.15, -0.1) is 0 Å². The molecule has 3 rings (SSSR count).